The number of hydrogen-bond acceptors (Lipinski definition) is 5. The summed E-state index contributed by atoms with van der Waals surface area (Å²) in [5.74, 6) is -0.539. The SMILES string of the molecule is CCOC(=O)C=Cc1cc(C#N)cc([N+](=O)[O-])c1. The van der Waals surface area contributed by atoms with Crippen LogP contribution < -0.4 is 0 Å². The second kappa shape index (κ2) is 6.15. The van der Waals surface area contributed by atoms with Crippen LogP contribution in [0.4, 0.5) is 5.69 Å². The van der Waals surface area contributed by atoms with Crippen LogP contribution in [0.2, 0.25) is 0 Å². The molecule has 0 bridgehead atoms. The maximum absolute atomic E-state index is 11.1. The number of rotatable bonds is 4. The van der Waals surface area contributed by atoms with Gasteiger partial charge in [-0.25, -0.2) is 4.79 Å². The van der Waals surface area contributed by atoms with E-state index in [1.165, 1.54) is 24.3 Å². The van der Waals surface area contributed by atoms with Crippen molar-refractivity contribution in [1.82, 2.24) is 0 Å². The average molecular weight is 246 g/mol. The molecule has 0 spiro atoms. The third kappa shape index (κ3) is 3.72. The number of non-ortho nitro benzene ring substituents is 1. The molecule has 0 heterocycles. The normalized spacial score (nSPS) is 10.0. The highest BCUT2D eigenvalue weighted by Gasteiger charge is 2.08. The molecule has 6 heteroatoms. The van der Waals surface area contributed by atoms with Gasteiger partial charge in [0.25, 0.3) is 5.69 Å². The lowest BCUT2D eigenvalue weighted by Gasteiger charge is -1.97. The predicted molar refractivity (Wildman–Crippen MR) is 63.5 cm³/mol. The van der Waals surface area contributed by atoms with Crippen molar-refractivity contribution in [3.8, 4) is 6.07 Å². The Hall–Kier alpha value is -2.68. The smallest absolute Gasteiger partial charge is 0.330 e. The molecule has 1 rings (SSSR count). The molecule has 18 heavy (non-hydrogen) atoms. The van der Waals surface area contributed by atoms with Crippen molar-refractivity contribution in [2.45, 2.75) is 6.92 Å². The monoisotopic (exact) mass is 246 g/mol. The molecule has 0 saturated carbocycles. The summed E-state index contributed by atoms with van der Waals surface area (Å²) in [6, 6.07) is 5.71. The molecule has 0 amide bonds. The zero-order valence-electron chi connectivity index (χ0n) is 9.62. The molecule has 0 unspecified atom stereocenters. The van der Waals surface area contributed by atoms with Gasteiger partial charge in [0.2, 0.25) is 0 Å². The van der Waals surface area contributed by atoms with Crippen molar-refractivity contribution in [3.63, 3.8) is 0 Å². The molecule has 1 aromatic rings. The third-order valence-corrected chi connectivity index (χ3v) is 1.98. The fourth-order valence-corrected chi connectivity index (χ4v) is 1.26. The van der Waals surface area contributed by atoms with E-state index in [2.05, 4.69) is 4.74 Å². The number of carbonyl (C=O) groups is 1. The minimum absolute atomic E-state index is 0.160. The standard InChI is InChI=1S/C12H10N2O4/c1-2-18-12(15)4-3-9-5-10(8-13)7-11(6-9)14(16)17/h3-7H,2H2,1H3. The molecule has 0 N–H and O–H groups in total. The molecule has 6 nitrogen and oxygen atoms in total. The average Bonchev–Trinajstić information content (AvgIpc) is 2.36. The summed E-state index contributed by atoms with van der Waals surface area (Å²) in [4.78, 5) is 21.1. The third-order valence-electron chi connectivity index (χ3n) is 1.98. The summed E-state index contributed by atoms with van der Waals surface area (Å²) in [6.45, 7) is 1.93. The fraction of sp³-hybridized carbons (Fsp3) is 0.167. The highest BCUT2D eigenvalue weighted by molar-refractivity contribution is 5.87. The highest BCUT2D eigenvalue weighted by Crippen LogP contribution is 2.17. The lowest BCUT2D eigenvalue weighted by atomic mass is 10.1. The largest absolute Gasteiger partial charge is 0.463 e. The molecule has 0 atom stereocenters. The van der Waals surface area contributed by atoms with Crippen LogP contribution in [0.15, 0.2) is 24.3 Å². The van der Waals surface area contributed by atoms with Crippen LogP contribution in [0.3, 0.4) is 0 Å². The zero-order valence-corrected chi connectivity index (χ0v) is 9.62. The number of carbonyl (C=O) groups excluding carboxylic acids is 1. The maximum Gasteiger partial charge on any atom is 0.330 e. The van der Waals surface area contributed by atoms with Crippen LogP contribution >= 0.6 is 0 Å². The number of nitrogens with zero attached hydrogens (tertiary/aromatic N) is 2. The zero-order chi connectivity index (χ0) is 13.5. The lowest BCUT2D eigenvalue weighted by Crippen LogP contribution is -1.98. The minimum Gasteiger partial charge on any atom is -0.463 e. The highest BCUT2D eigenvalue weighted by atomic mass is 16.6. The number of hydrogen-bond donors (Lipinski definition) is 0. The topological polar surface area (TPSA) is 93.2 Å². The molecule has 1 aromatic carbocycles. The van der Waals surface area contributed by atoms with Gasteiger partial charge in [0, 0.05) is 18.2 Å². The van der Waals surface area contributed by atoms with Crippen molar-refractivity contribution in [1.29, 1.82) is 5.26 Å². The summed E-state index contributed by atoms with van der Waals surface area (Å²) in [5.41, 5.74) is 0.360. The second-order valence-electron chi connectivity index (χ2n) is 3.27. The van der Waals surface area contributed by atoms with Gasteiger partial charge in [-0.1, -0.05) is 0 Å². The molecular weight excluding hydrogens is 236 g/mol. The Morgan fingerprint density at radius 1 is 1.56 bits per heavy atom. The van der Waals surface area contributed by atoms with Gasteiger partial charge in [-0.3, -0.25) is 10.1 Å². The van der Waals surface area contributed by atoms with Crippen LogP contribution in [-0.4, -0.2) is 17.5 Å². The molecule has 0 saturated heterocycles. The van der Waals surface area contributed by atoms with Crippen molar-refractivity contribution in [2.24, 2.45) is 0 Å². The Kier molecular flexibility index (Phi) is 4.58. The number of ether oxygens (including phenoxy) is 1. The van der Waals surface area contributed by atoms with Gasteiger partial charge in [-0.05, 0) is 24.6 Å². The van der Waals surface area contributed by atoms with E-state index in [1.807, 2.05) is 6.07 Å². The van der Waals surface area contributed by atoms with E-state index in [1.54, 1.807) is 6.92 Å². The Morgan fingerprint density at radius 2 is 2.28 bits per heavy atom. The first-order valence-electron chi connectivity index (χ1n) is 5.11. The first kappa shape index (κ1) is 13.4. The summed E-state index contributed by atoms with van der Waals surface area (Å²) < 4.78 is 4.67. The maximum atomic E-state index is 11.1. The summed E-state index contributed by atoms with van der Waals surface area (Å²) in [7, 11) is 0. The summed E-state index contributed by atoms with van der Waals surface area (Å²) in [5, 5.41) is 19.4. The number of nitro benzene ring substituents is 1. The van der Waals surface area contributed by atoms with Crippen LogP contribution in [0, 0.1) is 21.4 Å². The Labute approximate surface area is 103 Å². The van der Waals surface area contributed by atoms with E-state index in [4.69, 9.17) is 5.26 Å². The number of nitro groups is 1. The Morgan fingerprint density at radius 3 is 2.83 bits per heavy atom. The summed E-state index contributed by atoms with van der Waals surface area (Å²) in [6.07, 6.45) is 2.52. The minimum atomic E-state index is -0.595. The van der Waals surface area contributed by atoms with Crippen LogP contribution in [0.5, 0.6) is 0 Å². The van der Waals surface area contributed by atoms with Crippen LogP contribution in [0.25, 0.3) is 6.08 Å². The Balaban J connectivity index is 3.02. The Bertz CT molecular complexity index is 543. The van der Waals surface area contributed by atoms with Gasteiger partial charge in [-0.15, -0.1) is 0 Å². The quantitative estimate of drug-likeness (QED) is 0.350. The molecule has 0 aliphatic heterocycles. The van der Waals surface area contributed by atoms with E-state index in [0.29, 0.717) is 5.56 Å². The molecule has 0 fully saturated rings. The second-order valence-corrected chi connectivity index (χ2v) is 3.27. The van der Waals surface area contributed by atoms with Gasteiger partial charge in [0.1, 0.15) is 0 Å². The van der Waals surface area contributed by atoms with Gasteiger partial charge in [0.15, 0.2) is 0 Å². The van der Waals surface area contributed by atoms with E-state index < -0.39 is 10.9 Å². The molecule has 0 aliphatic rings. The van der Waals surface area contributed by atoms with E-state index in [-0.39, 0.29) is 17.9 Å². The van der Waals surface area contributed by atoms with E-state index in [9.17, 15) is 14.9 Å². The molecule has 0 aliphatic carbocycles. The number of nitriles is 1. The van der Waals surface area contributed by atoms with Crippen molar-refractivity contribution in [2.75, 3.05) is 6.61 Å². The van der Waals surface area contributed by atoms with Crippen molar-refractivity contribution >= 4 is 17.7 Å². The number of benzene rings is 1. The first-order chi connectivity index (χ1) is 8.56. The fourth-order valence-electron chi connectivity index (χ4n) is 1.26. The van der Waals surface area contributed by atoms with Gasteiger partial charge >= 0.3 is 5.97 Å². The van der Waals surface area contributed by atoms with Crippen LogP contribution in [-0.2, 0) is 9.53 Å². The molecule has 0 radical (unpaired) electrons. The van der Waals surface area contributed by atoms with Gasteiger partial charge in [0.05, 0.1) is 23.2 Å². The van der Waals surface area contributed by atoms with Crippen LogP contribution in [0.1, 0.15) is 18.1 Å². The number of esters is 1. The first-order valence-corrected chi connectivity index (χ1v) is 5.11. The van der Waals surface area contributed by atoms with E-state index in [0.717, 1.165) is 6.08 Å². The van der Waals surface area contributed by atoms with E-state index >= 15 is 0 Å². The summed E-state index contributed by atoms with van der Waals surface area (Å²) >= 11 is 0. The lowest BCUT2D eigenvalue weighted by molar-refractivity contribution is -0.384. The van der Waals surface area contributed by atoms with Crippen molar-refractivity contribution in [3.05, 3.63) is 45.5 Å². The molecular formula is C12H10N2O4. The van der Waals surface area contributed by atoms with Gasteiger partial charge in [-0.2, -0.15) is 5.26 Å². The predicted octanol–water partition coefficient (Wildman–Crippen LogP) is 2.04. The van der Waals surface area contributed by atoms with Gasteiger partial charge < -0.3 is 4.74 Å². The molecule has 0 aromatic heterocycles. The molecule has 92 valence electrons. The van der Waals surface area contributed by atoms with Crippen molar-refractivity contribution < 1.29 is 14.5 Å².